The number of aliphatic hydroxyl groups is 1. The number of hydrogen-bond donors (Lipinski definition) is 3. The highest BCUT2D eigenvalue weighted by Gasteiger charge is 2.38. The summed E-state index contributed by atoms with van der Waals surface area (Å²) in [6.07, 6.45) is 4.13. The maximum atomic E-state index is 13.0. The van der Waals surface area contributed by atoms with Crippen LogP contribution in [0.4, 0.5) is 23.1 Å². The number of carbonyl (C=O) groups excluding carboxylic acids is 2. The van der Waals surface area contributed by atoms with Gasteiger partial charge in [-0.1, -0.05) is 6.92 Å². The average molecular weight is 526 g/mol. The predicted molar refractivity (Wildman–Crippen MR) is 147 cm³/mol. The van der Waals surface area contributed by atoms with Crippen molar-refractivity contribution in [1.29, 1.82) is 0 Å². The fourth-order valence-electron chi connectivity index (χ4n) is 5.02. The van der Waals surface area contributed by atoms with E-state index in [0.29, 0.717) is 40.9 Å². The Balaban J connectivity index is 1.59. The first-order valence-corrected chi connectivity index (χ1v) is 13.3. The summed E-state index contributed by atoms with van der Waals surface area (Å²) in [6, 6.07) is 5.05. The van der Waals surface area contributed by atoms with Crippen molar-refractivity contribution in [2.24, 2.45) is 0 Å². The van der Waals surface area contributed by atoms with Gasteiger partial charge in [-0.2, -0.15) is 4.98 Å². The molecule has 0 unspecified atom stereocenters. The van der Waals surface area contributed by atoms with Crippen molar-refractivity contribution in [3.8, 4) is 5.75 Å². The minimum atomic E-state index is -0.305. The van der Waals surface area contributed by atoms with E-state index in [1.165, 1.54) is 0 Å². The molecule has 2 amide bonds. The van der Waals surface area contributed by atoms with Gasteiger partial charge in [-0.05, 0) is 71.4 Å². The summed E-state index contributed by atoms with van der Waals surface area (Å²) in [7, 11) is 3.83. The highest BCUT2D eigenvalue weighted by Crippen LogP contribution is 2.37. The Morgan fingerprint density at radius 1 is 1.24 bits per heavy atom. The number of carbonyl (C=O) groups is 2. The number of ether oxygens (including phenoxy) is 1. The van der Waals surface area contributed by atoms with Gasteiger partial charge in [-0.3, -0.25) is 9.59 Å². The molecule has 1 aromatic carbocycles. The second-order valence-electron chi connectivity index (χ2n) is 10.2. The number of nitrogens with zero attached hydrogens (tertiary/aromatic N) is 5. The van der Waals surface area contributed by atoms with E-state index in [1.54, 1.807) is 36.3 Å². The van der Waals surface area contributed by atoms with Crippen LogP contribution in [0.25, 0.3) is 0 Å². The van der Waals surface area contributed by atoms with Crippen LogP contribution < -0.4 is 25.2 Å². The number of nitrogens with one attached hydrogen (secondary N) is 2. The third-order valence-corrected chi connectivity index (χ3v) is 7.14. The van der Waals surface area contributed by atoms with Gasteiger partial charge in [0.25, 0.3) is 5.91 Å². The number of likely N-dealkylation sites (N-methyl/N-ethyl adjacent to an activating group) is 1. The van der Waals surface area contributed by atoms with Crippen LogP contribution in [0.5, 0.6) is 5.75 Å². The smallest absolute Gasteiger partial charge is 0.251 e. The molecule has 3 heterocycles. The summed E-state index contributed by atoms with van der Waals surface area (Å²) >= 11 is 0. The summed E-state index contributed by atoms with van der Waals surface area (Å²) < 4.78 is 5.77. The van der Waals surface area contributed by atoms with Gasteiger partial charge in [0.15, 0.2) is 5.82 Å². The van der Waals surface area contributed by atoms with E-state index in [0.717, 1.165) is 25.9 Å². The monoisotopic (exact) mass is 525 g/mol. The Morgan fingerprint density at radius 2 is 1.97 bits per heavy atom. The van der Waals surface area contributed by atoms with Crippen LogP contribution in [0.2, 0.25) is 0 Å². The molecule has 1 saturated heterocycles. The van der Waals surface area contributed by atoms with Crippen LogP contribution in [-0.4, -0.2) is 90.3 Å². The Bertz CT molecular complexity index is 1150. The topological polar surface area (TPSA) is 123 Å². The number of amides is 2. The van der Waals surface area contributed by atoms with Crippen molar-refractivity contribution in [2.45, 2.75) is 58.2 Å². The summed E-state index contributed by atoms with van der Waals surface area (Å²) in [5, 5.41) is 15.7. The van der Waals surface area contributed by atoms with E-state index in [4.69, 9.17) is 9.72 Å². The quantitative estimate of drug-likeness (QED) is 0.453. The molecular weight excluding hydrogens is 486 g/mol. The lowest BCUT2D eigenvalue weighted by molar-refractivity contribution is -0.120. The fourth-order valence-corrected chi connectivity index (χ4v) is 5.02. The fraction of sp³-hybridized carbons (Fsp3) is 0.556. The van der Waals surface area contributed by atoms with Crippen LogP contribution >= 0.6 is 0 Å². The molecule has 0 aliphatic carbocycles. The van der Waals surface area contributed by atoms with Gasteiger partial charge in [0.2, 0.25) is 11.9 Å². The molecule has 4 rings (SSSR count). The molecule has 2 aromatic rings. The minimum absolute atomic E-state index is 0.0202. The first kappa shape index (κ1) is 27.6. The van der Waals surface area contributed by atoms with Crippen LogP contribution in [-0.2, 0) is 4.79 Å². The standard InChI is InChI=1S/C27H39N7O4/c1-6-21-26(37)33(5)22-16-28-27(31-24(22)34(21)17(2)3)30-20-8-7-18(15-23(20)38-14-13-35)25(36)29-19-9-11-32(4)12-10-19/h7-8,15-17,19,21,35H,6,9-14H2,1-5H3,(H,29,36)(H,28,30,31)/t21-/m1/s1. The van der Waals surface area contributed by atoms with Gasteiger partial charge < -0.3 is 35.2 Å². The lowest BCUT2D eigenvalue weighted by Crippen LogP contribution is -2.54. The molecule has 38 heavy (non-hydrogen) atoms. The molecule has 0 saturated carbocycles. The zero-order valence-electron chi connectivity index (χ0n) is 22.9. The van der Waals surface area contributed by atoms with Crippen molar-refractivity contribution in [3.05, 3.63) is 30.0 Å². The summed E-state index contributed by atoms with van der Waals surface area (Å²) in [5.74, 6) is 1.29. The Morgan fingerprint density at radius 3 is 2.63 bits per heavy atom. The number of fused-ring (bicyclic) bond motifs is 1. The minimum Gasteiger partial charge on any atom is -0.489 e. The van der Waals surface area contributed by atoms with Crippen molar-refractivity contribution < 1.29 is 19.4 Å². The van der Waals surface area contributed by atoms with Gasteiger partial charge in [0.1, 0.15) is 24.1 Å². The molecule has 2 aliphatic rings. The van der Waals surface area contributed by atoms with Gasteiger partial charge in [0.05, 0.1) is 18.5 Å². The molecule has 206 valence electrons. The number of piperidine rings is 1. The van der Waals surface area contributed by atoms with E-state index >= 15 is 0 Å². The summed E-state index contributed by atoms with van der Waals surface area (Å²) in [6.45, 7) is 7.89. The van der Waals surface area contributed by atoms with Crippen LogP contribution in [0, 0.1) is 0 Å². The lowest BCUT2D eigenvalue weighted by Gasteiger charge is -2.42. The molecule has 2 aliphatic heterocycles. The Labute approximate surface area is 224 Å². The molecule has 11 nitrogen and oxygen atoms in total. The predicted octanol–water partition coefficient (Wildman–Crippen LogP) is 2.39. The Kier molecular flexibility index (Phi) is 8.68. The first-order valence-electron chi connectivity index (χ1n) is 13.3. The van der Waals surface area contributed by atoms with Crippen molar-refractivity contribution in [2.75, 3.05) is 55.5 Å². The van der Waals surface area contributed by atoms with E-state index in [1.807, 2.05) is 25.7 Å². The van der Waals surface area contributed by atoms with Crippen LogP contribution in [0.3, 0.4) is 0 Å². The lowest BCUT2D eigenvalue weighted by atomic mass is 10.0. The average Bonchev–Trinajstić information content (AvgIpc) is 2.90. The van der Waals surface area contributed by atoms with Crippen molar-refractivity contribution in [1.82, 2.24) is 20.2 Å². The highest BCUT2D eigenvalue weighted by atomic mass is 16.5. The molecular formula is C27H39N7O4. The largest absolute Gasteiger partial charge is 0.489 e. The third-order valence-electron chi connectivity index (χ3n) is 7.14. The molecule has 0 bridgehead atoms. The van der Waals surface area contributed by atoms with E-state index < -0.39 is 0 Å². The summed E-state index contributed by atoms with van der Waals surface area (Å²) in [5.41, 5.74) is 1.69. The van der Waals surface area contributed by atoms with Crippen LogP contribution in [0.15, 0.2) is 24.4 Å². The van der Waals surface area contributed by atoms with Crippen LogP contribution in [0.1, 0.15) is 50.4 Å². The number of rotatable bonds is 9. The zero-order chi connectivity index (χ0) is 27.4. The van der Waals surface area contributed by atoms with Crippen molar-refractivity contribution >= 4 is 35.0 Å². The highest BCUT2D eigenvalue weighted by molar-refractivity contribution is 6.04. The van der Waals surface area contributed by atoms with Gasteiger partial charge in [-0.25, -0.2) is 4.98 Å². The number of anilines is 4. The van der Waals surface area contributed by atoms with Gasteiger partial charge in [0, 0.05) is 24.7 Å². The van der Waals surface area contributed by atoms with E-state index in [2.05, 4.69) is 27.6 Å². The second kappa shape index (κ2) is 12.0. The summed E-state index contributed by atoms with van der Waals surface area (Å²) in [4.78, 5) is 41.0. The molecule has 3 N–H and O–H groups in total. The van der Waals surface area contributed by atoms with Gasteiger partial charge >= 0.3 is 0 Å². The second-order valence-corrected chi connectivity index (χ2v) is 10.2. The molecule has 0 radical (unpaired) electrons. The first-order chi connectivity index (χ1) is 18.2. The van der Waals surface area contributed by atoms with Crippen molar-refractivity contribution in [3.63, 3.8) is 0 Å². The number of hydrogen-bond acceptors (Lipinski definition) is 9. The zero-order valence-corrected chi connectivity index (χ0v) is 22.9. The maximum Gasteiger partial charge on any atom is 0.251 e. The number of benzene rings is 1. The number of likely N-dealkylation sites (tertiary alicyclic amines) is 1. The number of aromatic nitrogens is 2. The third kappa shape index (κ3) is 5.83. The number of aliphatic hydroxyl groups excluding tert-OH is 1. The molecule has 1 atom stereocenters. The van der Waals surface area contributed by atoms with E-state index in [-0.39, 0.29) is 43.2 Å². The molecule has 1 fully saturated rings. The SMILES string of the molecule is CC[C@@H]1C(=O)N(C)c2cnc(Nc3ccc(C(=O)NC4CCN(C)CC4)cc3OCCO)nc2N1C(C)C. The normalized spacial score (nSPS) is 18.5. The van der Waals surface area contributed by atoms with E-state index in [9.17, 15) is 14.7 Å². The molecule has 1 aromatic heterocycles. The van der Waals surface area contributed by atoms with Gasteiger partial charge in [-0.15, -0.1) is 0 Å². The Hall–Kier alpha value is -3.44. The maximum absolute atomic E-state index is 13.0. The molecule has 0 spiro atoms. The molecule has 11 heteroatoms.